The Morgan fingerprint density at radius 2 is 2.00 bits per heavy atom. The summed E-state index contributed by atoms with van der Waals surface area (Å²) in [7, 11) is 0. The fourth-order valence-corrected chi connectivity index (χ4v) is 3.93. The third kappa shape index (κ3) is 1.22. The Bertz CT molecular complexity index is 792. The topological polar surface area (TPSA) is 56.4 Å². The van der Waals surface area contributed by atoms with Crippen LogP contribution in [-0.4, -0.2) is 33.9 Å². The lowest BCUT2D eigenvalue weighted by Gasteiger charge is -2.22. The zero-order chi connectivity index (χ0) is 14.1. The number of aromatic amines is 1. The molecular formula is C16H13N3O2. The minimum absolute atomic E-state index is 0.0895. The van der Waals surface area contributed by atoms with Crippen molar-refractivity contribution in [3.63, 3.8) is 0 Å². The number of anilines is 1. The van der Waals surface area contributed by atoms with Crippen LogP contribution in [0.3, 0.4) is 0 Å². The molecule has 0 radical (unpaired) electrons. The SMILES string of the molecule is O=C1[C@H]2[C@@H]3C=C[C@@H](C3)N2C(=O)N1c1c[nH]c2ccccc12. The molecule has 2 bridgehead atoms. The van der Waals surface area contributed by atoms with Crippen LogP contribution in [0.4, 0.5) is 10.5 Å². The van der Waals surface area contributed by atoms with Crippen LogP contribution in [0.1, 0.15) is 6.42 Å². The van der Waals surface area contributed by atoms with Crippen molar-refractivity contribution in [2.75, 3.05) is 4.90 Å². The summed E-state index contributed by atoms with van der Waals surface area (Å²) in [6, 6.07) is 7.31. The summed E-state index contributed by atoms with van der Waals surface area (Å²) in [5.74, 6) is 0.0864. The Hall–Kier alpha value is -2.56. The standard InChI is InChI=1S/C16H13N3O2/c20-15-14-9-5-6-10(7-9)18(14)16(21)19(15)13-8-17-12-4-2-1-3-11(12)13/h1-6,8-10,14,17H,7H2/t9-,10+,14-/m1/s1. The van der Waals surface area contributed by atoms with E-state index in [4.69, 9.17) is 0 Å². The van der Waals surface area contributed by atoms with Crippen LogP contribution in [0.15, 0.2) is 42.6 Å². The van der Waals surface area contributed by atoms with Crippen molar-refractivity contribution in [1.82, 2.24) is 9.88 Å². The van der Waals surface area contributed by atoms with Gasteiger partial charge in [-0.05, 0) is 12.5 Å². The number of carbonyl (C=O) groups excluding carboxylic acids is 2. The van der Waals surface area contributed by atoms with Gasteiger partial charge in [0, 0.05) is 23.0 Å². The zero-order valence-corrected chi connectivity index (χ0v) is 11.2. The molecule has 104 valence electrons. The molecule has 5 heteroatoms. The van der Waals surface area contributed by atoms with Gasteiger partial charge in [-0.3, -0.25) is 4.79 Å². The fourth-order valence-electron chi connectivity index (χ4n) is 3.93. The minimum Gasteiger partial charge on any atom is -0.359 e. The van der Waals surface area contributed by atoms with Crippen molar-refractivity contribution in [3.8, 4) is 0 Å². The number of benzene rings is 1. The van der Waals surface area contributed by atoms with E-state index in [1.807, 2.05) is 30.3 Å². The average Bonchev–Trinajstić information content (AvgIpc) is 3.23. The first-order valence-corrected chi connectivity index (χ1v) is 7.16. The van der Waals surface area contributed by atoms with Gasteiger partial charge in [0.25, 0.3) is 5.91 Å². The smallest absolute Gasteiger partial charge is 0.332 e. The number of carbonyl (C=O) groups is 2. The molecule has 1 aromatic carbocycles. The molecule has 3 heterocycles. The predicted molar refractivity (Wildman–Crippen MR) is 77.8 cm³/mol. The van der Waals surface area contributed by atoms with Gasteiger partial charge in [-0.15, -0.1) is 0 Å². The summed E-state index contributed by atoms with van der Waals surface area (Å²) in [6.07, 6.45) is 6.77. The van der Waals surface area contributed by atoms with Gasteiger partial charge in [-0.25, -0.2) is 9.69 Å². The van der Waals surface area contributed by atoms with Crippen LogP contribution in [-0.2, 0) is 4.79 Å². The Labute approximate surface area is 120 Å². The van der Waals surface area contributed by atoms with Crippen LogP contribution >= 0.6 is 0 Å². The first kappa shape index (κ1) is 11.1. The summed E-state index contributed by atoms with van der Waals surface area (Å²) in [5, 5.41) is 0.903. The molecule has 2 aromatic rings. The highest BCUT2D eigenvalue weighted by atomic mass is 16.2. The second kappa shape index (κ2) is 3.55. The van der Waals surface area contributed by atoms with Crippen molar-refractivity contribution >= 4 is 28.5 Å². The Morgan fingerprint density at radius 1 is 1.14 bits per heavy atom. The molecule has 2 saturated heterocycles. The molecule has 0 saturated carbocycles. The largest absolute Gasteiger partial charge is 0.359 e. The minimum atomic E-state index is -0.304. The van der Waals surface area contributed by atoms with Crippen LogP contribution in [0, 0.1) is 5.92 Å². The van der Waals surface area contributed by atoms with E-state index in [2.05, 4.69) is 11.1 Å². The molecule has 5 nitrogen and oxygen atoms in total. The lowest BCUT2D eigenvalue weighted by molar-refractivity contribution is -0.119. The quantitative estimate of drug-likeness (QED) is 0.643. The molecule has 3 aliphatic rings. The van der Waals surface area contributed by atoms with Gasteiger partial charge in [0.2, 0.25) is 0 Å². The van der Waals surface area contributed by atoms with Crippen LogP contribution in [0.5, 0.6) is 0 Å². The molecule has 1 aromatic heterocycles. The van der Waals surface area contributed by atoms with Crippen molar-refractivity contribution in [3.05, 3.63) is 42.6 Å². The van der Waals surface area contributed by atoms with Gasteiger partial charge < -0.3 is 9.88 Å². The molecule has 2 aliphatic heterocycles. The zero-order valence-electron chi connectivity index (χ0n) is 11.2. The molecule has 1 aliphatic carbocycles. The highest BCUT2D eigenvalue weighted by Gasteiger charge is 2.57. The third-order valence-electron chi connectivity index (χ3n) is 4.85. The molecule has 0 unspecified atom stereocenters. The van der Waals surface area contributed by atoms with Crippen molar-refractivity contribution in [1.29, 1.82) is 0 Å². The van der Waals surface area contributed by atoms with E-state index in [-0.39, 0.29) is 29.9 Å². The van der Waals surface area contributed by atoms with E-state index in [1.54, 1.807) is 11.1 Å². The summed E-state index contributed by atoms with van der Waals surface area (Å²) >= 11 is 0. The summed E-state index contributed by atoms with van der Waals surface area (Å²) in [6.45, 7) is 0. The van der Waals surface area contributed by atoms with Gasteiger partial charge in [0.15, 0.2) is 0 Å². The Balaban J connectivity index is 1.65. The van der Waals surface area contributed by atoms with E-state index in [0.29, 0.717) is 5.69 Å². The number of urea groups is 1. The second-order valence-electron chi connectivity index (χ2n) is 5.88. The maximum Gasteiger partial charge on any atom is 0.332 e. The summed E-state index contributed by atoms with van der Waals surface area (Å²) in [5.41, 5.74) is 1.59. The number of H-pyrrole nitrogens is 1. The van der Waals surface area contributed by atoms with Gasteiger partial charge >= 0.3 is 6.03 Å². The molecule has 1 N–H and O–H groups in total. The normalized spacial score (nSPS) is 30.0. The van der Waals surface area contributed by atoms with Crippen molar-refractivity contribution in [2.45, 2.75) is 18.5 Å². The fraction of sp³-hybridized carbons (Fsp3) is 0.250. The molecule has 0 spiro atoms. The van der Waals surface area contributed by atoms with Gasteiger partial charge in [-0.2, -0.15) is 0 Å². The maximum atomic E-state index is 12.7. The number of fused-ring (bicyclic) bond motifs is 6. The number of amides is 3. The number of hydrogen-bond acceptors (Lipinski definition) is 2. The lowest BCUT2D eigenvalue weighted by atomic mass is 10.0. The van der Waals surface area contributed by atoms with Gasteiger partial charge in [0.1, 0.15) is 6.04 Å². The summed E-state index contributed by atoms with van der Waals surface area (Å²) in [4.78, 5) is 31.7. The molecule has 21 heavy (non-hydrogen) atoms. The number of imide groups is 1. The number of para-hydroxylation sites is 1. The van der Waals surface area contributed by atoms with Crippen LogP contribution < -0.4 is 4.90 Å². The monoisotopic (exact) mass is 279 g/mol. The number of rotatable bonds is 1. The maximum absolute atomic E-state index is 12.7. The molecular weight excluding hydrogens is 266 g/mol. The number of nitrogens with zero attached hydrogens (tertiary/aromatic N) is 2. The Kier molecular flexibility index (Phi) is 1.88. The number of nitrogens with one attached hydrogen (secondary N) is 1. The first-order chi connectivity index (χ1) is 10.3. The predicted octanol–water partition coefficient (Wildman–Crippen LogP) is 2.26. The van der Waals surface area contributed by atoms with Crippen molar-refractivity contribution < 1.29 is 9.59 Å². The summed E-state index contributed by atoms with van der Waals surface area (Å²) < 4.78 is 0. The van der Waals surface area contributed by atoms with E-state index in [0.717, 1.165) is 17.3 Å². The Morgan fingerprint density at radius 3 is 2.86 bits per heavy atom. The van der Waals surface area contributed by atoms with Crippen molar-refractivity contribution in [2.24, 2.45) is 5.92 Å². The highest BCUT2D eigenvalue weighted by Crippen LogP contribution is 2.44. The number of aromatic nitrogens is 1. The van der Waals surface area contributed by atoms with E-state index < -0.39 is 0 Å². The average molecular weight is 279 g/mol. The van der Waals surface area contributed by atoms with E-state index in [9.17, 15) is 9.59 Å². The highest BCUT2D eigenvalue weighted by molar-refractivity contribution is 6.25. The molecule has 5 rings (SSSR count). The van der Waals surface area contributed by atoms with Crippen LogP contribution in [0.2, 0.25) is 0 Å². The molecule has 3 amide bonds. The molecule has 3 atom stereocenters. The number of hydrogen-bond donors (Lipinski definition) is 1. The van der Waals surface area contributed by atoms with Gasteiger partial charge in [-0.1, -0.05) is 30.4 Å². The third-order valence-corrected chi connectivity index (χ3v) is 4.85. The van der Waals surface area contributed by atoms with E-state index >= 15 is 0 Å². The van der Waals surface area contributed by atoms with Gasteiger partial charge in [0.05, 0.1) is 11.7 Å². The molecule has 2 fully saturated rings. The lowest BCUT2D eigenvalue weighted by Crippen LogP contribution is -2.38. The van der Waals surface area contributed by atoms with E-state index in [1.165, 1.54) is 4.90 Å². The first-order valence-electron chi connectivity index (χ1n) is 7.16. The van der Waals surface area contributed by atoms with Crippen LogP contribution in [0.25, 0.3) is 10.9 Å². The second-order valence-corrected chi connectivity index (χ2v) is 5.88.